The second-order valence-corrected chi connectivity index (χ2v) is 17.0. The smallest absolute Gasteiger partial charge is 0.197 e. The van der Waals surface area contributed by atoms with Crippen LogP contribution in [0.25, 0.3) is 21.5 Å². The SMILES string of the molecule is B1c2ccc(N(c3ccccc3)c3ccccc3)cc2N(c2cccc3ccccc23)c2cccc(c2)N(c2cccc3ccccc23)c2cc(N(c3ccccc3)c3ccccc3)ccc21. The fourth-order valence-corrected chi connectivity index (χ4v) is 9.90. The number of hydrogen-bond acceptors (Lipinski definition) is 4. The molecule has 0 spiro atoms. The van der Waals surface area contributed by atoms with Crippen molar-refractivity contribution in [1.29, 1.82) is 0 Å². The summed E-state index contributed by atoms with van der Waals surface area (Å²) in [5.74, 6) is 0. The maximum absolute atomic E-state index is 2.49. The van der Waals surface area contributed by atoms with E-state index in [4.69, 9.17) is 0 Å². The summed E-state index contributed by atoms with van der Waals surface area (Å²) < 4.78 is 0. The molecule has 1 aliphatic heterocycles. The lowest BCUT2D eigenvalue weighted by Crippen LogP contribution is -2.35. The van der Waals surface area contributed by atoms with E-state index in [1.807, 2.05) is 0 Å². The number of anilines is 12. The van der Waals surface area contributed by atoms with Gasteiger partial charge in [-0.1, -0.05) is 175 Å². The number of fused-ring (bicyclic) bond motifs is 6. The lowest BCUT2D eigenvalue weighted by Gasteiger charge is -2.35. The van der Waals surface area contributed by atoms with Crippen molar-refractivity contribution in [3.63, 3.8) is 0 Å². The molecule has 5 heteroatoms. The van der Waals surface area contributed by atoms with E-state index in [0.717, 1.165) is 68.2 Å². The highest BCUT2D eigenvalue weighted by Crippen LogP contribution is 2.47. The zero-order chi connectivity index (χ0) is 44.5. The van der Waals surface area contributed by atoms with Crippen LogP contribution in [0, 0.1) is 0 Å². The van der Waals surface area contributed by atoms with Crippen LogP contribution in [0.4, 0.5) is 68.2 Å². The zero-order valence-corrected chi connectivity index (χ0v) is 36.9. The summed E-state index contributed by atoms with van der Waals surface area (Å²) in [4.78, 5) is 9.71. The van der Waals surface area contributed by atoms with Crippen molar-refractivity contribution in [1.82, 2.24) is 0 Å². The first-order chi connectivity index (χ1) is 33.2. The first kappa shape index (κ1) is 39.8. The molecule has 0 saturated carbocycles. The van der Waals surface area contributed by atoms with Gasteiger partial charge in [-0.3, -0.25) is 0 Å². The molecule has 11 aromatic carbocycles. The van der Waals surface area contributed by atoms with Crippen LogP contribution >= 0.6 is 0 Å². The van der Waals surface area contributed by atoms with Crippen molar-refractivity contribution in [3.8, 4) is 0 Å². The minimum absolute atomic E-state index is 0.672. The van der Waals surface area contributed by atoms with E-state index in [1.54, 1.807) is 0 Å². The molecule has 0 fully saturated rings. The lowest BCUT2D eigenvalue weighted by molar-refractivity contribution is 1.24. The van der Waals surface area contributed by atoms with Crippen molar-refractivity contribution in [2.75, 3.05) is 19.6 Å². The third-order valence-corrected chi connectivity index (χ3v) is 12.9. The molecular formula is C62H45BN4. The Morgan fingerprint density at radius 1 is 0.254 bits per heavy atom. The fraction of sp³-hybridized carbons (Fsp3) is 0. The summed E-state index contributed by atoms with van der Waals surface area (Å²) in [5.41, 5.74) is 15.6. The minimum Gasteiger partial charge on any atom is -0.310 e. The Labute approximate surface area is 392 Å². The highest BCUT2D eigenvalue weighted by atomic mass is 15.2. The molecule has 4 nitrogen and oxygen atoms in total. The number of nitrogens with zero attached hydrogens (tertiary/aromatic N) is 4. The van der Waals surface area contributed by atoms with Crippen LogP contribution in [0.2, 0.25) is 0 Å². The monoisotopic (exact) mass is 856 g/mol. The lowest BCUT2D eigenvalue weighted by atomic mass is 9.62. The van der Waals surface area contributed by atoms with Crippen LogP contribution in [-0.4, -0.2) is 7.28 Å². The summed E-state index contributed by atoms with van der Waals surface area (Å²) in [5, 5.41) is 4.75. The molecule has 0 unspecified atom stereocenters. The van der Waals surface area contributed by atoms with Crippen molar-refractivity contribution < 1.29 is 0 Å². The largest absolute Gasteiger partial charge is 0.310 e. The van der Waals surface area contributed by atoms with Crippen molar-refractivity contribution in [2.45, 2.75) is 0 Å². The van der Waals surface area contributed by atoms with Gasteiger partial charge in [-0.15, -0.1) is 0 Å². The Morgan fingerprint density at radius 3 is 1.00 bits per heavy atom. The average molecular weight is 857 g/mol. The van der Waals surface area contributed by atoms with Gasteiger partial charge in [0.15, 0.2) is 7.28 Å². The molecule has 2 bridgehead atoms. The summed E-state index contributed by atoms with van der Waals surface area (Å²) in [6, 6.07) is 96.8. The van der Waals surface area contributed by atoms with Gasteiger partial charge >= 0.3 is 0 Å². The van der Waals surface area contributed by atoms with Crippen LogP contribution in [0.15, 0.2) is 267 Å². The Balaban J connectivity index is 1.15. The average Bonchev–Trinajstić information content (AvgIpc) is 3.39. The van der Waals surface area contributed by atoms with Gasteiger partial charge in [-0.05, 0) is 114 Å². The Morgan fingerprint density at radius 2 is 0.597 bits per heavy atom. The molecule has 1 heterocycles. The minimum atomic E-state index is 0.672. The number of para-hydroxylation sites is 4. The predicted octanol–water partition coefficient (Wildman–Crippen LogP) is 15.6. The molecular weight excluding hydrogens is 812 g/mol. The molecule has 12 rings (SSSR count). The molecule has 0 aliphatic carbocycles. The third kappa shape index (κ3) is 7.43. The molecule has 0 N–H and O–H groups in total. The van der Waals surface area contributed by atoms with Gasteiger partial charge in [-0.2, -0.15) is 0 Å². The molecule has 0 radical (unpaired) electrons. The Hall–Kier alpha value is -8.80. The highest BCUT2D eigenvalue weighted by molar-refractivity contribution is 6.70. The van der Waals surface area contributed by atoms with Crippen molar-refractivity contribution >= 4 is 108 Å². The van der Waals surface area contributed by atoms with E-state index in [1.165, 1.54) is 32.5 Å². The second-order valence-electron chi connectivity index (χ2n) is 17.0. The van der Waals surface area contributed by atoms with Crippen LogP contribution in [0.3, 0.4) is 0 Å². The van der Waals surface area contributed by atoms with E-state index in [-0.39, 0.29) is 0 Å². The maximum atomic E-state index is 2.49. The topological polar surface area (TPSA) is 13.0 Å². The summed E-state index contributed by atoms with van der Waals surface area (Å²) >= 11 is 0. The van der Waals surface area contributed by atoms with Gasteiger partial charge in [0.25, 0.3) is 0 Å². The van der Waals surface area contributed by atoms with Crippen LogP contribution in [0.1, 0.15) is 0 Å². The molecule has 0 amide bonds. The molecule has 0 aromatic heterocycles. The van der Waals surface area contributed by atoms with E-state index in [0.29, 0.717) is 7.28 Å². The first-order valence-corrected chi connectivity index (χ1v) is 23.0. The molecule has 11 aromatic rings. The molecule has 0 saturated heterocycles. The normalized spacial score (nSPS) is 11.9. The van der Waals surface area contributed by atoms with Gasteiger partial charge < -0.3 is 19.6 Å². The predicted molar refractivity (Wildman–Crippen MR) is 287 cm³/mol. The third-order valence-electron chi connectivity index (χ3n) is 12.9. The van der Waals surface area contributed by atoms with Crippen molar-refractivity contribution in [2.24, 2.45) is 0 Å². The van der Waals surface area contributed by atoms with E-state index in [9.17, 15) is 0 Å². The van der Waals surface area contributed by atoms with Crippen LogP contribution in [0.5, 0.6) is 0 Å². The second kappa shape index (κ2) is 17.3. The van der Waals surface area contributed by atoms with Gasteiger partial charge in [0.2, 0.25) is 0 Å². The Kier molecular flexibility index (Phi) is 10.3. The molecule has 316 valence electrons. The number of rotatable bonds is 8. The molecule has 1 aliphatic rings. The first-order valence-electron chi connectivity index (χ1n) is 23.0. The van der Waals surface area contributed by atoms with E-state index in [2.05, 4.69) is 287 Å². The standard InChI is InChI=1S/C62H45BN4/c1-5-24-47(25-6-1)64(48-26-7-2-8-27-48)53-38-40-57-61(43-53)66(59-36-17-22-45-20-13-15-34-55(45)59)51-32-19-33-52(42-51)67(60-37-18-23-46-21-14-16-35-56(46)60)62-44-54(39-41-58(62)63-57)65(49-28-9-3-10-29-49)50-30-11-4-12-31-50/h1-44,63H. The number of hydrogen-bond donors (Lipinski definition) is 0. The van der Waals surface area contributed by atoms with Crippen molar-refractivity contribution in [3.05, 3.63) is 267 Å². The van der Waals surface area contributed by atoms with Gasteiger partial charge in [-0.25, -0.2) is 0 Å². The quantitative estimate of drug-likeness (QED) is 0.141. The zero-order valence-electron chi connectivity index (χ0n) is 36.9. The summed E-state index contributed by atoms with van der Waals surface area (Å²) in [6.45, 7) is 0. The van der Waals surface area contributed by atoms with Gasteiger partial charge in [0, 0.05) is 67.6 Å². The maximum Gasteiger partial charge on any atom is 0.197 e. The van der Waals surface area contributed by atoms with Crippen LogP contribution in [-0.2, 0) is 0 Å². The van der Waals surface area contributed by atoms with Gasteiger partial charge in [0.1, 0.15) is 0 Å². The van der Waals surface area contributed by atoms with E-state index >= 15 is 0 Å². The number of benzene rings is 11. The Bertz CT molecular complexity index is 3210. The van der Waals surface area contributed by atoms with Gasteiger partial charge in [0.05, 0.1) is 11.4 Å². The molecule has 67 heavy (non-hydrogen) atoms. The molecule has 0 atom stereocenters. The fourth-order valence-electron chi connectivity index (χ4n) is 9.90. The van der Waals surface area contributed by atoms with E-state index < -0.39 is 0 Å². The summed E-state index contributed by atoms with van der Waals surface area (Å²) in [7, 11) is 0.672. The summed E-state index contributed by atoms with van der Waals surface area (Å²) in [6.07, 6.45) is 0. The highest BCUT2D eigenvalue weighted by Gasteiger charge is 2.28. The van der Waals surface area contributed by atoms with Crippen LogP contribution < -0.4 is 30.5 Å².